The Kier molecular flexibility index (Phi) is 7.35. The number of halogens is 4. The van der Waals surface area contributed by atoms with Gasteiger partial charge in [-0.3, -0.25) is 4.79 Å². The van der Waals surface area contributed by atoms with Gasteiger partial charge < -0.3 is 19.9 Å². The van der Waals surface area contributed by atoms with Gasteiger partial charge >= 0.3 is 12.3 Å². The van der Waals surface area contributed by atoms with Crippen molar-refractivity contribution in [3.8, 4) is 22.6 Å². The maximum absolute atomic E-state index is 13.7. The second kappa shape index (κ2) is 10.6. The van der Waals surface area contributed by atoms with E-state index in [0.29, 0.717) is 32.4 Å². The Labute approximate surface area is 242 Å². The number of carboxylic acid groups (broad SMARTS) is 1. The average molecular weight is 603 g/mol. The summed E-state index contributed by atoms with van der Waals surface area (Å²) in [5.74, 6) is -1.82. The topological polar surface area (TPSA) is 116 Å². The van der Waals surface area contributed by atoms with Gasteiger partial charge in [0, 0.05) is 27.6 Å². The lowest BCUT2D eigenvalue weighted by Crippen LogP contribution is -2.41. The Balaban J connectivity index is 1.36. The van der Waals surface area contributed by atoms with Crippen molar-refractivity contribution in [1.29, 1.82) is 0 Å². The van der Waals surface area contributed by atoms with E-state index in [0.717, 1.165) is 0 Å². The van der Waals surface area contributed by atoms with Crippen LogP contribution in [0.4, 0.5) is 8.78 Å². The molecule has 4 aromatic rings. The van der Waals surface area contributed by atoms with Crippen LogP contribution in [0.2, 0.25) is 10.0 Å². The molecule has 13 heteroatoms. The molecule has 5 rings (SSSR count). The molecule has 0 bridgehead atoms. The number of hydrogen-bond acceptors (Lipinski definition) is 6. The lowest BCUT2D eigenvalue weighted by molar-refractivity contribution is -0.286. The van der Waals surface area contributed by atoms with Crippen molar-refractivity contribution in [3.63, 3.8) is 0 Å². The molecule has 0 fully saturated rings. The van der Waals surface area contributed by atoms with Crippen LogP contribution in [-0.2, 0) is 16.8 Å². The Morgan fingerprint density at radius 3 is 2.49 bits per heavy atom. The van der Waals surface area contributed by atoms with Gasteiger partial charge in [-0.05, 0) is 49.2 Å². The van der Waals surface area contributed by atoms with Gasteiger partial charge in [0.15, 0.2) is 17.5 Å². The molecule has 41 heavy (non-hydrogen) atoms. The molecule has 1 aliphatic rings. The molecule has 2 N–H and O–H groups in total. The predicted molar refractivity (Wildman–Crippen MR) is 145 cm³/mol. The standard InChI is InChI=1S/C28H22Cl2F2N4O5/c1-27(2,33-25(37)17-11-18(29)13-19(30)12-17)23-14-36(35-34-23)21(26(38)39)10-15-5-3-6-16(9-15)20-7-4-8-22-24(20)41-28(31,32)40-22/h3-9,11-14,21H,10H2,1-2H3,(H,33,37)(H,38,39)/t21-/m0/s1. The average Bonchev–Trinajstić information content (AvgIpc) is 3.50. The quantitative estimate of drug-likeness (QED) is 0.250. The van der Waals surface area contributed by atoms with Crippen LogP contribution in [0.25, 0.3) is 11.1 Å². The third-order valence-electron chi connectivity index (χ3n) is 6.40. The van der Waals surface area contributed by atoms with Gasteiger partial charge in [0.25, 0.3) is 5.91 Å². The van der Waals surface area contributed by atoms with Crippen molar-refractivity contribution < 1.29 is 33.0 Å². The number of hydrogen-bond donors (Lipinski definition) is 2. The summed E-state index contributed by atoms with van der Waals surface area (Å²) in [6.45, 7) is 3.39. The fourth-order valence-electron chi connectivity index (χ4n) is 4.40. The first-order chi connectivity index (χ1) is 19.3. The number of rotatable bonds is 8. The predicted octanol–water partition coefficient (Wildman–Crippen LogP) is 6.11. The number of nitrogens with zero attached hydrogens (tertiary/aromatic N) is 3. The number of carbonyl (C=O) groups is 2. The molecular formula is C28H22Cl2F2N4O5. The summed E-state index contributed by atoms with van der Waals surface area (Å²) in [4.78, 5) is 25.1. The number of carboxylic acids is 1. The molecule has 0 radical (unpaired) electrons. The first-order valence-electron chi connectivity index (χ1n) is 12.2. The van der Waals surface area contributed by atoms with Crippen molar-refractivity contribution in [2.24, 2.45) is 0 Å². The number of benzene rings is 3. The van der Waals surface area contributed by atoms with Crippen molar-refractivity contribution in [1.82, 2.24) is 20.3 Å². The molecule has 1 aliphatic heterocycles. The minimum Gasteiger partial charge on any atom is -0.480 e. The van der Waals surface area contributed by atoms with E-state index in [2.05, 4.69) is 20.4 Å². The summed E-state index contributed by atoms with van der Waals surface area (Å²) in [6.07, 6.45) is -2.32. The molecule has 0 saturated carbocycles. The second-order valence-corrected chi connectivity index (χ2v) is 10.8. The molecule has 0 unspecified atom stereocenters. The molecule has 1 amide bonds. The Morgan fingerprint density at radius 2 is 1.78 bits per heavy atom. The number of carbonyl (C=O) groups excluding carboxylic acids is 1. The van der Waals surface area contributed by atoms with Gasteiger partial charge in [0.2, 0.25) is 0 Å². The number of fused-ring (bicyclic) bond motifs is 1. The number of aromatic nitrogens is 3. The van der Waals surface area contributed by atoms with Crippen molar-refractivity contribution in [2.75, 3.05) is 0 Å². The van der Waals surface area contributed by atoms with E-state index >= 15 is 0 Å². The molecule has 9 nitrogen and oxygen atoms in total. The van der Waals surface area contributed by atoms with Crippen LogP contribution in [0, 0.1) is 0 Å². The SMILES string of the molecule is CC(C)(NC(=O)c1cc(Cl)cc(Cl)c1)c1cn([C@@H](Cc2cccc(-c3cccc4c3OC(F)(F)O4)c2)C(=O)O)nn1. The Bertz CT molecular complexity index is 1640. The monoisotopic (exact) mass is 602 g/mol. The van der Waals surface area contributed by atoms with Gasteiger partial charge in [-0.25, -0.2) is 9.48 Å². The van der Waals surface area contributed by atoms with Gasteiger partial charge in [0.1, 0.15) is 5.69 Å². The van der Waals surface area contributed by atoms with Crippen LogP contribution in [0.1, 0.15) is 41.5 Å². The molecule has 0 spiro atoms. The van der Waals surface area contributed by atoms with E-state index in [9.17, 15) is 23.5 Å². The van der Waals surface area contributed by atoms with E-state index in [1.165, 1.54) is 35.1 Å². The van der Waals surface area contributed by atoms with E-state index < -0.39 is 29.8 Å². The van der Waals surface area contributed by atoms with E-state index in [-0.39, 0.29) is 23.5 Å². The summed E-state index contributed by atoms with van der Waals surface area (Å²) in [7, 11) is 0. The van der Waals surface area contributed by atoms with Crippen molar-refractivity contribution in [2.45, 2.75) is 38.1 Å². The highest BCUT2D eigenvalue weighted by atomic mass is 35.5. The van der Waals surface area contributed by atoms with Crippen LogP contribution in [-0.4, -0.2) is 38.3 Å². The number of amides is 1. The number of ether oxygens (including phenoxy) is 2. The van der Waals surface area contributed by atoms with Gasteiger partial charge in [0.05, 0.1) is 11.7 Å². The van der Waals surface area contributed by atoms with Gasteiger partial charge in [-0.1, -0.05) is 64.8 Å². The highest BCUT2D eigenvalue weighted by Gasteiger charge is 2.44. The Morgan fingerprint density at radius 1 is 1.07 bits per heavy atom. The zero-order chi connectivity index (χ0) is 29.5. The summed E-state index contributed by atoms with van der Waals surface area (Å²) >= 11 is 12.0. The van der Waals surface area contributed by atoms with Crippen LogP contribution in [0.3, 0.4) is 0 Å². The largest absolute Gasteiger partial charge is 0.586 e. The first kappa shape index (κ1) is 28.3. The minimum absolute atomic E-state index is 0.00230. The van der Waals surface area contributed by atoms with Crippen molar-refractivity contribution >= 4 is 35.1 Å². The summed E-state index contributed by atoms with van der Waals surface area (Å²) in [5.41, 5.74) is 1.03. The highest BCUT2D eigenvalue weighted by Crippen LogP contribution is 2.47. The Hall–Kier alpha value is -4.22. The van der Waals surface area contributed by atoms with Crippen LogP contribution < -0.4 is 14.8 Å². The third kappa shape index (κ3) is 6.10. The minimum atomic E-state index is -3.77. The second-order valence-electron chi connectivity index (χ2n) is 9.88. The fourth-order valence-corrected chi connectivity index (χ4v) is 4.93. The van der Waals surface area contributed by atoms with Gasteiger partial charge in [-0.2, -0.15) is 0 Å². The van der Waals surface area contributed by atoms with Crippen molar-refractivity contribution in [3.05, 3.63) is 93.7 Å². The maximum Gasteiger partial charge on any atom is 0.586 e. The smallest absolute Gasteiger partial charge is 0.480 e. The number of aliphatic carboxylic acids is 1. The highest BCUT2D eigenvalue weighted by molar-refractivity contribution is 6.35. The maximum atomic E-state index is 13.7. The molecule has 0 aliphatic carbocycles. The van der Waals surface area contributed by atoms with E-state index in [1.54, 1.807) is 50.2 Å². The summed E-state index contributed by atoms with van der Waals surface area (Å²) < 4.78 is 37.8. The van der Waals surface area contributed by atoms with Crippen LogP contribution in [0.15, 0.2) is 66.9 Å². The number of para-hydroxylation sites is 1. The summed E-state index contributed by atoms with van der Waals surface area (Å²) in [6, 6.07) is 14.6. The van der Waals surface area contributed by atoms with E-state index in [1.807, 2.05) is 0 Å². The number of nitrogens with one attached hydrogen (secondary N) is 1. The molecule has 2 heterocycles. The van der Waals surface area contributed by atoms with Crippen LogP contribution >= 0.6 is 23.2 Å². The molecule has 212 valence electrons. The lowest BCUT2D eigenvalue weighted by atomic mass is 9.98. The zero-order valence-corrected chi connectivity index (χ0v) is 23.1. The third-order valence-corrected chi connectivity index (χ3v) is 6.84. The zero-order valence-electron chi connectivity index (χ0n) is 21.6. The lowest BCUT2D eigenvalue weighted by Gasteiger charge is -2.24. The fraction of sp³-hybridized carbons (Fsp3) is 0.214. The normalized spacial score (nSPS) is 14.5. The summed E-state index contributed by atoms with van der Waals surface area (Å²) in [5, 5.41) is 21.6. The molecule has 1 atom stereocenters. The first-order valence-corrected chi connectivity index (χ1v) is 13.0. The molecule has 1 aromatic heterocycles. The van der Waals surface area contributed by atoms with E-state index in [4.69, 9.17) is 27.9 Å². The van der Waals surface area contributed by atoms with Crippen LogP contribution in [0.5, 0.6) is 11.5 Å². The van der Waals surface area contributed by atoms with Gasteiger partial charge in [-0.15, -0.1) is 13.9 Å². The molecule has 3 aromatic carbocycles. The molecule has 0 saturated heterocycles. The number of alkyl halides is 2. The molecular weight excluding hydrogens is 581 g/mol.